The maximum atomic E-state index is 12.5. The maximum Gasteiger partial charge on any atom is 0.104 e. The number of furan rings is 1. The Kier molecular flexibility index (Phi) is 4.73. The van der Waals surface area contributed by atoms with Gasteiger partial charge in [-0.25, -0.2) is 0 Å². The topological polar surface area (TPSA) is 68.6 Å². The Balaban J connectivity index is 1.55. The normalized spacial score (nSPS) is 49.3. The number of nitrogens with two attached hydrogens (primary N) is 1. The van der Waals surface area contributed by atoms with Gasteiger partial charge in [0.05, 0.1) is 24.7 Å². The van der Waals surface area contributed by atoms with E-state index >= 15 is 0 Å². The molecule has 7 atom stereocenters. The lowest BCUT2D eigenvalue weighted by molar-refractivity contribution is -0.246. The molecular weight excluding hydrogens is 362 g/mol. The van der Waals surface area contributed by atoms with E-state index in [2.05, 4.69) is 13.8 Å². The van der Waals surface area contributed by atoms with Crippen molar-refractivity contribution in [2.24, 2.45) is 34.3 Å². The smallest absolute Gasteiger partial charge is 0.104 e. The molecule has 1 heterocycles. The minimum absolute atomic E-state index is 0.307. The maximum absolute atomic E-state index is 12.5. The van der Waals surface area contributed by atoms with Gasteiger partial charge in [0.2, 0.25) is 0 Å². The van der Waals surface area contributed by atoms with Gasteiger partial charge in [0, 0.05) is 17.5 Å². The van der Waals surface area contributed by atoms with E-state index in [0.717, 1.165) is 30.7 Å². The average Bonchev–Trinajstić information content (AvgIpc) is 3.32. The number of rotatable bonds is 4. The van der Waals surface area contributed by atoms with Gasteiger partial charge in [-0.15, -0.1) is 0 Å². The van der Waals surface area contributed by atoms with Crippen molar-refractivity contribution < 1.29 is 14.3 Å². The van der Waals surface area contributed by atoms with E-state index in [4.69, 9.17) is 14.9 Å². The first-order valence-corrected chi connectivity index (χ1v) is 12.0. The first-order valence-electron chi connectivity index (χ1n) is 12.0. The van der Waals surface area contributed by atoms with Crippen LogP contribution in [0.2, 0.25) is 0 Å². The monoisotopic (exact) mass is 401 g/mol. The summed E-state index contributed by atoms with van der Waals surface area (Å²) in [6.45, 7) is 5.88. The predicted molar refractivity (Wildman–Crippen MR) is 113 cm³/mol. The van der Waals surface area contributed by atoms with Crippen LogP contribution in [0.5, 0.6) is 0 Å². The Bertz CT molecular complexity index is 734. The molecule has 2 unspecified atom stereocenters. The summed E-state index contributed by atoms with van der Waals surface area (Å²) in [6.07, 6.45) is 15.4. The molecular formula is C25H39NO3. The van der Waals surface area contributed by atoms with Gasteiger partial charge in [0.15, 0.2) is 0 Å². The molecule has 0 bridgehead atoms. The number of aliphatic hydroxyl groups is 1. The van der Waals surface area contributed by atoms with Crippen molar-refractivity contribution in [3.8, 4) is 0 Å². The highest BCUT2D eigenvalue weighted by atomic mass is 16.5. The fourth-order valence-electron chi connectivity index (χ4n) is 8.77. The van der Waals surface area contributed by atoms with Gasteiger partial charge in [-0.05, 0) is 80.6 Å². The third-order valence-electron chi connectivity index (χ3n) is 10.3. The summed E-state index contributed by atoms with van der Waals surface area (Å²) in [5.74, 6) is 1.89. The molecule has 4 fully saturated rings. The molecule has 4 nitrogen and oxygen atoms in total. The number of fused-ring (bicyclic) bond motifs is 5. The van der Waals surface area contributed by atoms with Crippen molar-refractivity contribution in [3.05, 3.63) is 24.2 Å². The van der Waals surface area contributed by atoms with Gasteiger partial charge in [-0.2, -0.15) is 0 Å². The first-order chi connectivity index (χ1) is 13.9. The van der Waals surface area contributed by atoms with Crippen LogP contribution in [0, 0.1) is 28.6 Å². The van der Waals surface area contributed by atoms with Crippen LogP contribution in [0.3, 0.4) is 0 Å². The number of hydrogen-bond acceptors (Lipinski definition) is 4. The molecule has 0 aliphatic heterocycles. The summed E-state index contributed by atoms with van der Waals surface area (Å²) in [7, 11) is 0. The van der Waals surface area contributed by atoms with Crippen molar-refractivity contribution in [3.63, 3.8) is 0 Å². The SMILES string of the molecule is C[C@]12CCCCC1CC[C@@H]1[C@H]2CC[C@]2(C)C(OCCN)(c3ccoc3)CC[C@@]12O. The van der Waals surface area contributed by atoms with Gasteiger partial charge in [-0.3, -0.25) is 0 Å². The Labute approximate surface area is 175 Å². The van der Waals surface area contributed by atoms with E-state index in [0.29, 0.717) is 30.4 Å². The third-order valence-corrected chi connectivity index (χ3v) is 10.3. The second kappa shape index (κ2) is 6.83. The minimum Gasteiger partial charge on any atom is -0.472 e. The predicted octanol–water partition coefficient (Wildman–Crippen LogP) is 5.00. The van der Waals surface area contributed by atoms with Gasteiger partial charge < -0.3 is 20.0 Å². The van der Waals surface area contributed by atoms with Crippen LogP contribution >= 0.6 is 0 Å². The fourth-order valence-corrected chi connectivity index (χ4v) is 8.77. The summed E-state index contributed by atoms with van der Waals surface area (Å²) in [5, 5.41) is 12.5. The number of ether oxygens (including phenoxy) is 1. The summed E-state index contributed by atoms with van der Waals surface area (Å²) in [6, 6.07) is 2.04. The largest absolute Gasteiger partial charge is 0.472 e. The van der Waals surface area contributed by atoms with E-state index in [9.17, 15) is 5.11 Å². The van der Waals surface area contributed by atoms with Crippen LogP contribution < -0.4 is 5.73 Å². The molecule has 29 heavy (non-hydrogen) atoms. The zero-order chi connectivity index (χ0) is 20.3. The van der Waals surface area contributed by atoms with E-state index < -0.39 is 11.2 Å². The van der Waals surface area contributed by atoms with Gasteiger partial charge in [0.1, 0.15) is 5.60 Å². The molecule has 0 aromatic carbocycles. The summed E-state index contributed by atoms with van der Waals surface area (Å²) < 4.78 is 12.1. The van der Waals surface area contributed by atoms with E-state index in [1.165, 1.54) is 44.9 Å². The first kappa shape index (κ1) is 20.1. The van der Waals surface area contributed by atoms with E-state index in [-0.39, 0.29) is 5.41 Å². The molecule has 3 N–H and O–H groups in total. The standard InChI is InChI=1S/C25H39NO3/c1-22-10-4-3-5-18(22)6-7-21-20(22)8-11-23(2)24(21,27)12-13-25(23,29-16-14-26)19-9-15-28-17-19/h9,15,17-18,20-21,27H,3-8,10-14,16,26H2,1-2H3/t18?,20-,21-,22+,23+,24-,25?/m1/s1. The van der Waals surface area contributed by atoms with Crippen LogP contribution in [0.1, 0.15) is 83.6 Å². The number of hydrogen-bond donors (Lipinski definition) is 2. The summed E-state index contributed by atoms with van der Waals surface area (Å²) >= 11 is 0. The lowest BCUT2D eigenvalue weighted by Gasteiger charge is -2.64. The van der Waals surface area contributed by atoms with Crippen LogP contribution in [0.15, 0.2) is 23.0 Å². The van der Waals surface area contributed by atoms with Crippen molar-refractivity contribution in [2.75, 3.05) is 13.2 Å². The Morgan fingerprint density at radius 1 is 1.07 bits per heavy atom. The highest BCUT2D eigenvalue weighted by Gasteiger charge is 2.72. The van der Waals surface area contributed by atoms with Crippen LogP contribution in [0.25, 0.3) is 0 Å². The molecule has 162 valence electrons. The molecule has 0 radical (unpaired) electrons. The highest BCUT2D eigenvalue weighted by Crippen LogP contribution is 2.72. The lowest BCUT2D eigenvalue weighted by Crippen LogP contribution is -2.64. The lowest BCUT2D eigenvalue weighted by atomic mass is 9.43. The molecule has 4 aliphatic rings. The van der Waals surface area contributed by atoms with Gasteiger partial charge in [-0.1, -0.05) is 26.7 Å². The quantitative estimate of drug-likeness (QED) is 0.745. The third kappa shape index (κ3) is 2.49. The molecule has 0 amide bonds. The van der Waals surface area contributed by atoms with Gasteiger partial charge >= 0.3 is 0 Å². The molecule has 5 rings (SSSR count). The molecule has 4 heteroatoms. The molecule has 0 saturated heterocycles. The Hall–Kier alpha value is -0.840. The highest BCUT2D eigenvalue weighted by molar-refractivity contribution is 5.31. The van der Waals surface area contributed by atoms with Crippen molar-refractivity contribution in [2.45, 2.75) is 89.3 Å². The summed E-state index contributed by atoms with van der Waals surface area (Å²) in [4.78, 5) is 0. The Morgan fingerprint density at radius 2 is 1.93 bits per heavy atom. The van der Waals surface area contributed by atoms with Crippen molar-refractivity contribution in [1.29, 1.82) is 0 Å². The second-order valence-electron chi connectivity index (χ2n) is 11.0. The van der Waals surface area contributed by atoms with E-state index in [1.807, 2.05) is 12.3 Å². The second-order valence-corrected chi connectivity index (χ2v) is 11.0. The van der Waals surface area contributed by atoms with Crippen LogP contribution in [-0.4, -0.2) is 23.9 Å². The van der Waals surface area contributed by atoms with E-state index in [1.54, 1.807) is 6.26 Å². The Morgan fingerprint density at radius 3 is 2.69 bits per heavy atom. The summed E-state index contributed by atoms with van der Waals surface area (Å²) in [5.41, 5.74) is 5.87. The van der Waals surface area contributed by atoms with Crippen molar-refractivity contribution >= 4 is 0 Å². The zero-order valence-electron chi connectivity index (χ0n) is 18.3. The molecule has 4 aliphatic carbocycles. The average molecular weight is 402 g/mol. The molecule has 1 aromatic heterocycles. The van der Waals surface area contributed by atoms with Crippen LogP contribution in [0.4, 0.5) is 0 Å². The molecule has 0 spiro atoms. The fraction of sp³-hybridized carbons (Fsp3) is 0.840. The van der Waals surface area contributed by atoms with Gasteiger partial charge in [0.25, 0.3) is 0 Å². The zero-order valence-corrected chi connectivity index (χ0v) is 18.3. The van der Waals surface area contributed by atoms with Crippen molar-refractivity contribution in [1.82, 2.24) is 0 Å². The minimum atomic E-state index is -0.673. The molecule has 4 saturated carbocycles. The molecule has 1 aromatic rings. The van der Waals surface area contributed by atoms with Crippen LogP contribution in [-0.2, 0) is 10.3 Å².